The van der Waals surface area contributed by atoms with Gasteiger partial charge in [-0.2, -0.15) is 5.10 Å². The maximum Gasteiger partial charge on any atom is 0.155 e. The first-order valence-electron chi connectivity index (χ1n) is 13.0. The molecule has 178 valence electrons. The van der Waals surface area contributed by atoms with E-state index in [1.807, 2.05) is 12.4 Å². The molecule has 0 saturated carbocycles. The quantitative estimate of drug-likeness (QED) is 0.380. The molecule has 6 heteroatoms. The smallest absolute Gasteiger partial charge is 0.155 e. The number of aromatic nitrogens is 4. The van der Waals surface area contributed by atoms with E-state index in [0.717, 1.165) is 17.0 Å². The van der Waals surface area contributed by atoms with E-state index in [2.05, 4.69) is 69.4 Å². The summed E-state index contributed by atoms with van der Waals surface area (Å²) >= 11 is 0. The van der Waals surface area contributed by atoms with E-state index < -0.39 is 0 Å². The number of benzene rings is 1. The van der Waals surface area contributed by atoms with E-state index in [1.54, 1.807) is 5.56 Å². The van der Waals surface area contributed by atoms with Crippen LogP contribution in [0.15, 0.2) is 30.6 Å². The van der Waals surface area contributed by atoms with E-state index in [-0.39, 0.29) is 0 Å². The second-order valence-corrected chi connectivity index (χ2v) is 10.7. The second-order valence-electron chi connectivity index (χ2n) is 10.7. The lowest BCUT2D eigenvalue weighted by Crippen LogP contribution is -2.37. The Bertz CT molecular complexity index is 1300. The van der Waals surface area contributed by atoms with Gasteiger partial charge in [-0.05, 0) is 105 Å². The van der Waals surface area contributed by atoms with Gasteiger partial charge in [0.05, 0.1) is 11.9 Å². The van der Waals surface area contributed by atoms with Crippen molar-refractivity contribution in [3.05, 3.63) is 47.3 Å². The summed E-state index contributed by atoms with van der Waals surface area (Å²) in [7, 11) is 0. The largest absolute Gasteiger partial charge is 0.354 e. The van der Waals surface area contributed by atoms with E-state index in [9.17, 15) is 0 Å². The van der Waals surface area contributed by atoms with Gasteiger partial charge in [-0.15, -0.1) is 0 Å². The minimum atomic E-state index is 0.413. The van der Waals surface area contributed by atoms with E-state index in [0.29, 0.717) is 11.8 Å². The number of nitrogens with one attached hydrogen (secondary N) is 3. The summed E-state index contributed by atoms with van der Waals surface area (Å²) in [6.07, 6.45) is 7.63. The molecular formula is C28H36N6. The maximum absolute atomic E-state index is 4.44. The van der Waals surface area contributed by atoms with Crippen molar-refractivity contribution in [1.29, 1.82) is 0 Å². The number of likely N-dealkylation sites (tertiary alicyclic amines) is 1. The first-order valence-corrected chi connectivity index (χ1v) is 13.0. The minimum absolute atomic E-state index is 0.413. The van der Waals surface area contributed by atoms with Gasteiger partial charge in [-0.3, -0.25) is 5.10 Å². The van der Waals surface area contributed by atoms with Crippen molar-refractivity contribution >= 4 is 21.9 Å². The molecule has 3 aromatic heterocycles. The van der Waals surface area contributed by atoms with Gasteiger partial charge in [-0.1, -0.05) is 13.8 Å². The van der Waals surface area contributed by atoms with E-state index in [4.69, 9.17) is 0 Å². The fraction of sp³-hybridized carbons (Fsp3) is 0.500. The Labute approximate surface area is 201 Å². The van der Waals surface area contributed by atoms with E-state index in [1.165, 1.54) is 85.3 Å². The van der Waals surface area contributed by atoms with Crippen LogP contribution in [0.25, 0.3) is 33.2 Å². The predicted molar refractivity (Wildman–Crippen MR) is 139 cm³/mol. The zero-order valence-electron chi connectivity index (χ0n) is 20.6. The lowest BCUT2D eigenvalue weighted by Gasteiger charge is -2.34. The zero-order chi connectivity index (χ0) is 23.2. The van der Waals surface area contributed by atoms with Gasteiger partial charge in [0.2, 0.25) is 0 Å². The summed E-state index contributed by atoms with van der Waals surface area (Å²) < 4.78 is 0. The monoisotopic (exact) mass is 456 g/mol. The molecule has 0 aliphatic carbocycles. The Morgan fingerprint density at radius 3 is 2.74 bits per heavy atom. The molecule has 2 saturated heterocycles. The highest BCUT2D eigenvalue weighted by Crippen LogP contribution is 2.41. The highest BCUT2D eigenvalue weighted by Gasteiger charge is 2.26. The number of aromatic amines is 2. The Kier molecular flexibility index (Phi) is 5.66. The number of nitrogens with zero attached hydrogens (tertiary/aromatic N) is 3. The summed E-state index contributed by atoms with van der Waals surface area (Å²) in [5.74, 6) is 1.91. The van der Waals surface area contributed by atoms with Gasteiger partial charge in [0.1, 0.15) is 0 Å². The topological polar surface area (TPSA) is 72.6 Å². The normalized spacial score (nSPS) is 20.3. The second kappa shape index (κ2) is 8.82. The molecule has 1 atom stereocenters. The predicted octanol–water partition coefficient (Wildman–Crippen LogP) is 5.33. The molecule has 0 amide bonds. The lowest BCUT2D eigenvalue weighted by molar-refractivity contribution is 0.187. The van der Waals surface area contributed by atoms with E-state index >= 15 is 0 Å². The third-order valence-corrected chi connectivity index (χ3v) is 8.13. The third-order valence-electron chi connectivity index (χ3n) is 8.13. The lowest BCUT2D eigenvalue weighted by atomic mass is 9.84. The molecule has 3 N–H and O–H groups in total. The standard InChI is InChI=1S/C28H36N6/c1-17(2)26-23-13-22(20-6-10-34(11-7-20)16-19-4-8-29-14-19)18(3)12-25(23)32-27(26)21-5-9-30-28-24(21)15-31-33-28/h5,9,12-13,15,17,19-20,29,32H,4,6-8,10-11,14,16H2,1-3H3,(H,30,31,33). The summed E-state index contributed by atoms with van der Waals surface area (Å²) in [4.78, 5) is 10.9. The van der Waals surface area contributed by atoms with Crippen LogP contribution < -0.4 is 5.32 Å². The maximum atomic E-state index is 4.44. The molecule has 0 spiro atoms. The van der Waals surface area contributed by atoms with Gasteiger partial charge in [-0.25, -0.2) is 4.98 Å². The van der Waals surface area contributed by atoms with Gasteiger partial charge in [0.25, 0.3) is 0 Å². The Morgan fingerprint density at radius 1 is 1.12 bits per heavy atom. The number of aryl methyl sites for hydroxylation is 1. The van der Waals surface area contributed by atoms with Crippen molar-refractivity contribution in [2.24, 2.45) is 5.92 Å². The molecule has 6 rings (SSSR count). The van der Waals surface area contributed by atoms with Crippen molar-refractivity contribution in [3.8, 4) is 11.3 Å². The first kappa shape index (κ1) is 21.8. The van der Waals surface area contributed by atoms with Gasteiger partial charge < -0.3 is 15.2 Å². The Balaban J connectivity index is 1.34. The molecule has 0 radical (unpaired) electrons. The van der Waals surface area contributed by atoms with Crippen LogP contribution in [-0.4, -0.2) is 57.8 Å². The van der Waals surface area contributed by atoms with Gasteiger partial charge in [0, 0.05) is 34.6 Å². The Hall–Kier alpha value is -2.70. The van der Waals surface area contributed by atoms with Crippen molar-refractivity contribution < 1.29 is 0 Å². The van der Waals surface area contributed by atoms with Crippen LogP contribution in [0.5, 0.6) is 0 Å². The minimum Gasteiger partial charge on any atom is -0.354 e. The number of piperidine rings is 1. The summed E-state index contributed by atoms with van der Waals surface area (Å²) in [6.45, 7) is 13.0. The molecule has 4 aromatic rings. The Morgan fingerprint density at radius 2 is 1.97 bits per heavy atom. The van der Waals surface area contributed by atoms with Crippen LogP contribution in [0.2, 0.25) is 0 Å². The summed E-state index contributed by atoms with van der Waals surface area (Å²) in [6, 6.07) is 7.00. The molecule has 2 aliphatic rings. The van der Waals surface area contributed by atoms with Crippen molar-refractivity contribution in [2.45, 2.75) is 51.9 Å². The molecule has 6 nitrogen and oxygen atoms in total. The van der Waals surface area contributed by atoms with Gasteiger partial charge >= 0.3 is 0 Å². The van der Waals surface area contributed by atoms with Crippen LogP contribution in [0.1, 0.15) is 61.6 Å². The number of pyridine rings is 1. The molecule has 0 bridgehead atoms. The van der Waals surface area contributed by atoms with Crippen LogP contribution >= 0.6 is 0 Å². The first-order chi connectivity index (χ1) is 16.6. The number of hydrogen-bond acceptors (Lipinski definition) is 4. The SMILES string of the molecule is Cc1cc2[nH]c(-c3ccnc4[nH]ncc34)c(C(C)C)c2cc1C1CCN(CC2CCNC2)CC1. The van der Waals surface area contributed by atoms with Crippen LogP contribution in [0.3, 0.4) is 0 Å². The van der Waals surface area contributed by atoms with Crippen molar-refractivity contribution in [1.82, 2.24) is 30.4 Å². The number of rotatable bonds is 5. The number of H-pyrrole nitrogens is 2. The zero-order valence-corrected chi connectivity index (χ0v) is 20.6. The summed E-state index contributed by atoms with van der Waals surface area (Å²) in [5.41, 5.74) is 8.81. The van der Waals surface area contributed by atoms with Crippen LogP contribution in [0.4, 0.5) is 0 Å². The molecule has 2 fully saturated rings. The molecule has 5 heterocycles. The molecule has 1 aromatic carbocycles. The number of hydrogen-bond donors (Lipinski definition) is 3. The molecule has 1 unspecified atom stereocenters. The fourth-order valence-corrected chi connectivity index (χ4v) is 6.37. The van der Waals surface area contributed by atoms with Gasteiger partial charge in [0.15, 0.2) is 5.65 Å². The molecule has 34 heavy (non-hydrogen) atoms. The van der Waals surface area contributed by atoms with Crippen molar-refractivity contribution in [2.75, 3.05) is 32.7 Å². The fourth-order valence-electron chi connectivity index (χ4n) is 6.37. The van der Waals surface area contributed by atoms with Crippen molar-refractivity contribution in [3.63, 3.8) is 0 Å². The average Bonchev–Trinajstić information content (AvgIpc) is 3.58. The summed E-state index contributed by atoms with van der Waals surface area (Å²) in [5, 5.41) is 13.2. The van der Waals surface area contributed by atoms with Crippen LogP contribution in [-0.2, 0) is 0 Å². The highest BCUT2D eigenvalue weighted by molar-refractivity contribution is 5.99. The number of fused-ring (bicyclic) bond motifs is 2. The highest BCUT2D eigenvalue weighted by atomic mass is 15.1. The average molecular weight is 457 g/mol. The van der Waals surface area contributed by atoms with Crippen LogP contribution in [0, 0.1) is 12.8 Å². The molecule has 2 aliphatic heterocycles. The molecular weight excluding hydrogens is 420 g/mol. The third kappa shape index (κ3) is 3.83.